The van der Waals surface area contributed by atoms with Gasteiger partial charge in [0.05, 0.1) is 0 Å². The molecule has 3 rings (SSSR count). The van der Waals surface area contributed by atoms with Crippen molar-refractivity contribution in [2.24, 2.45) is 5.73 Å². The van der Waals surface area contributed by atoms with E-state index in [1.165, 1.54) is 49.9 Å². The molecule has 1 saturated heterocycles. The molecule has 1 aromatic carbocycles. The molecule has 0 amide bonds. The van der Waals surface area contributed by atoms with Gasteiger partial charge in [-0.15, -0.1) is 0 Å². The van der Waals surface area contributed by atoms with Gasteiger partial charge >= 0.3 is 0 Å². The summed E-state index contributed by atoms with van der Waals surface area (Å²) in [5, 5.41) is 0. The van der Waals surface area contributed by atoms with Crippen LogP contribution in [0.4, 0.5) is 0 Å². The summed E-state index contributed by atoms with van der Waals surface area (Å²) in [6.45, 7) is 2.47. The largest absolute Gasteiger partial charge is 0.328 e. The number of piperidine rings is 1. The zero-order valence-corrected chi connectivity index (χ0v) is 11.3. The summed E-state index contributed by atoms with van der Waals surface area (Å²) in [6.07, 6.45) is 5.02. The highest BCUT2D eigenvalue weighted by atomic mass is 15.1. The maximum Gasteiger partial charge on any atom is 0.00504 e. The maximum absolute atomic E-state index is 5.86. The van der Waals surface area contributed by atoms with Crippen molar-refractivity contribution >= 4 is 0 Å². The van der Waals surface area contributed by atoms with Crippen molar-refractivity contribution in [3.05, 3.63) is 35.4 Å². The van der Waals surface area contributed by atoms with E-state index in [9.17, 15) is 0 Å². The maximum atomic E-state index is 5.86. The highest BCUT2D eigenvalue weighted by Crippen LogP contribution is 2.36. The average Bonchev–Trinajstić information content (AvgIpc) is 2.35. The van der Waals surface area contributed by atoms with Gasteiger partial charge in [-0.1, -0.05) is 24.3 Å². The van der Waals surface area contributed by atoms with Crippen LogP contribution in [-0.2, 0) is 0 Å². The Labute approximate surface area is 110 Å². The van der Waals surface area contributed by atoms with Gasteiger partial charge in [0.1, 0.15) is 0 Å². The van der Waals surface area contributed by atoms with Gasteiger partial charge in [-0.25, -0.2) is 0 Å². The molecule has 1 aliphatic heterocycles. The average molecular weight is 244 g/mol. The molecule has 2 aliphatic rings. The summed E-state index contributed by atoms with van der Waals surface area (Å²) in [4.78, 5) is 2.45. The van der Waals surface area contributed by atoms with Crippen LogP contribution in [0.1, 0.15) is 48.6 Å². The normalized spacial score (nSPS) is 33.1. The third kappa shape index (κ3) is 2.45. The molecule has 0 aromatic heterocycles. The Morgan fingerprint density at radius 3 is 2.22 bits per heavy atom. The monoisotopic (exact) mass is 244 g/mol. The van der Waals surface area contributed by atoms with E-state index in [1.54, 1.807) is 0 Å². The van der Waals surface area contributed by atoms with E-state index in [-0.39, 0.29) is 0 Å². The Balaban J connectivity index is 1.67. The summed E-state index contributed by atoms with van der Waals surface area (Å²) in [5.41, 5.74) is 8.88. The number of rotatable bonds is 2. The van der Waals surface area contributed by atoms with Crippen LogP contribution in [0.5, 0.6) is 0 Å². The van der Waals surface area contributed by atoms with E-state index < -0.39 is 0 Å². The highest BCUT2D eigenvalue weighted by molar-refractivity contribution is 5.29. The highest BCUT2D eigenvalue weighted by Gasteiger charge is 2.27. The number of benzene rings is 1. The number of hydrogen-bond donors (Lipinski definition) is 1. The van der Waals surface area contributed by atoms with Crippen molar-refractivity contribution in [3.8, 4) is 0 Å². The fraction of sp³-hybridized carbons (Fsp3) is 0.625. The fourth-order valence-corrected chi connectivity index (χ4v) is 3.41. The molecule has 2 fully saturated rings. The van der Waals surface area contributed by atoms with Crippen molar-refractivity contribution in [2.45, 2.75) is 43.6 Å². The summed E-state index contributed by atoms with van der Waals surface area (Å²) in [7, 11) is 2.23. The molecule has 1 heterocycles. The predicted octanol–water partition coefficient (Wildman–Crippen LogP) is 2.70. The van der Waals surface area contributed by atoms with Crippen molar-refractivity contribution in [1.29, 1.82) is 0 Å². The molecule has 0 bridgehead atoms. The van der Waals surface area contributed by atoms with E-state index in [4.69, 9.17) is 5.73 Å². The third-order valence-electron chi connectivity index (χ3n) is 4.68. The molecule has 98 valence electrons. The molecule has 2 heteroatoms. The number of likely N-dealkylation sites (N-methyl/N-ethyl adjacent to an activating group) is 1. The SMILES string of the molecule is CN1CCCC(c2ccc(C3CC(N)C3)cc2)C1. The van der Waals surface area contributed by atoms with E-state index in [0.29, 0.717) is 6.04 Å². The quantitative estimate of drug-likeness (QED) is 0.866. The van der Waals surface area contributed by atoms with Gasteiger partial charge in [-0.05, 0) is 62.2 Å². The minimum absolute atomic E-state index is 0.446. The van der Waals surface area contributed by atoms with E-state index >= 15 is 0 Å². The van der Waals surface area contributed by atoms with E-state index in [2.05, 4.69) is 36.2 Å². The van der Waals surface area contributed by atoms with Gasteiger partial charge in [-0.2, -0.15) is 0 Å². The first-order valence-corrected chi connectivity index (χ1v) is 7.26. The number of hydrogen-bond acceptors (Lipinski definition) is 2. The van der Waals surface area contributed by atoms with Crippen LogP contribution in [0.3, 0.4) is 0 Å². The molecule has 1 unspecified atom stereocenters. The van der Waals surface area contributed by atoms with Crippen molar-refractivity contribution in [1.82, 2.24) is 4.90 Å². The van der Waals surface area contributed by atoms with Crippen molar-refractivity contribution in [3.63, 3.8) is 0 Å². The zero-order chi connectivity index (χ0) is 12.5. The molecule has 1 atom stereocenters. The van der Waals surface area contributed by atoms with Gasteiger partial charge in [0.25, 0.3) is 0 Å². The van der Waals surface area contributed by atoms with Crippen LogP contribution in [0, 0.1) is 0 Å². The second-order valence-corrected chi connectivity index (χ2v) is 6.20. The molecule has 1 aromatic rings. The van der Waals surface area contributed by atoms with Gasteiger partial charge < -0.3 is 10.6 Å². The summed E-state index contributed by atoms with van der Waals surface area (Å²) < 4.78 is 0. The summed E-state index contributed by atoms with van der Waals surface area (Å²) in [6, 6.07) is 9.81. The smallest absolute Gasteiger partial charge is 0.00504 e. The predicted molar refractivity (Wildman–Crippen MR) is 75.9 cm³/mol. The van der Waals surface area contributed by atoms with E-state index in [1.807, 2.05) is 0 Å². The fourth-order valence-electron chi connectivity index (χ4n) is 3.41. The van der Waals surface area contributed by atoms with Crippen LogP contribution in [-0.4, -0.2) is 31.1 Å². The molecule has 1 aliphatic carbocycles. The molecule has 0 spiro atoms. The van der Waals surface area contributed by atoms with Crippen LogP contribution < -0.4 is 5.73 Å². The molecule has 0 radical (unpaired) electrons. The van der Waals surface area contributed by atoms with Gasteiger partial charge in [0, 0.05) is 12.6 Å². The lowest BCUT2D eigenvalue weighted by molar-refractivity contribution is 0.251. The molecular formula is C16H24N2. The Bertz CT molecular complexity index is 392. The van der Waals surface area contributed by atoms with Crippen LogP contribution in [0.25, 0.3) is 0 Å². The molecular weight excluding hydrogens is 220 g/mol. The Kier molecular flexibility index (Phi) is 3.40. The first kappa shape index (κ1) is 12.2. The van der Waals surface area contributed by atoms with Gasteiger partial charge in [-0.3, -0.25) is 0 Å². The van der Waals surface area contributed by atoms with Crippen LogP contribution >= 0.6 is 0 Å². The molecule has 18 heavy (non-hydrogen) atoms. The topological polar surface area (TPSA) is 29.3 Å². The lowest BCUT2D eigenvalue weighted by atomic mass is 9.76. The first-order chi connectivity index (χ1) is 8.72. The number of nitrogens with two attached hydrogens (primary N) is 1. The van der Waals surface area contributed by atoms with Gasteiger partial charge in [0.2, 0.25) is 0 Å². The Morgan fingerprint density at radius 2 is 1.67 bits per heavy atom. The standard InChI is InChI=1S/C16H24N2/c1-18-8-2-3-14(11-18)12-4-6-13(7-5-12)15-9-16(17)10-15/h4-7,14-16H,2-3,8-11,17H2,1H3. The zero-order valence-electron chi connectivity index (χ0n) is 11.3. The van der Waals surface area contributed by atoms with Crippen molar-refractivity contribution in [2.75, 3.05) is 20.1 Å². The Morgan fingerprint density at radius 1 is 1.06 bits per heavy atom. The van der Waals surface area contributed by atoms with Crippen LogP contribution in [0.2, 0.25) is 0 Å². The van der Waals surface area contributed by atoms with Gasteiger partial charge in [0.15, 0.2) is 0 Å². The summed E-state index contributed by atoms with van der Waals surface area (Å²) >= 11 is 0. The molecule has 1 saturated carbocycles. The minimum atomic E-state index is 0.446. The Hall–Kier alpha value is -0.860. The van der Waals surface area contributed by atoms with Crippen molar-refractivity contribution < 1.29 is 0 Å². The lowest BCUT2D eigenvalue weighted by Crippen LogP contribution is -2.34. The minimum Gasteiger partial charge on any atom is -0.328 e. The number of nitrogens with zero attached hydrogens (tertiary/aromatic N) is 1. The first-order valence-electron chi connectivity index (χ1n) is 7.26. The molecule has 2 nitrogen and oxygen atoms in total. The number of likely N-dealkylation sites (tertiary alicyclic amines) is 1. The summed E-state index contributed by atoms with van der Waals surface area (Å²) in [5.74, 6) is 1.46. The van der Waals surface area contributed by atoms with Crippen LogP contribution in [0.15, 0.2) is 24.3 Å². The van der Waals surface area contributed by atoms with E-state index in [0.717, 1.165) is 11.8 Å². The molecule has 2 N–H and O–H groups in total. The second kappa shape index (κ2) is 5.02. The second-order valence-electron chi connectivity index (χ2n) is 6.20. The lowest BCUT2D eigenvalue weighted by Gasteiger charge is -2.33. The third-order valence-corrected chi connectivity index (χ3v) is 4.68.